The molecule has 0 bridgehead atoms. The molecule has 1 aromatic carbocycles. The van der Waals surface area contributed by atoms with Crippen LogP contribution in [0.2, 0.25) is 0 Å². The van der Waals surface area contributed by atoms with Crippen LogP contribution < -0.4 is 5.32 Å². The first-order valence-corrected chi connectivity index (χ1v) is 7.74. The lowest BCUT2D eigenvalue weighted by Crippen LogP contribution is -2.30. The highest BCUT2D eigenvalue weighted by Crippen LogP contribution is 2.33. The molecule has 2 atom stereocenters. The van der Waals surface area contributed by atoms with Crippen LogP contribution in [0.25, 0.3) is 0 Å². The van der Waals surface area contributed by atoms with Gasteiger partial charge in [-0.25, -0.2) is 0 Å². The van der Waals surface area contributed by atoms with Gasteiger partial charge in [-0.1, -0.05) is 24.3 Å². The zero-order valence-corrected chi connectivity index (χ0v) is 12.5. The molecule has 110 valence electrons. The van der Waals surface area contributed by atoms with Crippen LogP contribution in [-0.2, 0) is 15.9 Å². The van der Waals surface area contributed by atoms with E-state index >= 15 is 0 Å². The van der Waals surface area contributed by atoms with Crippen molar-refractivity contribution in [2.75, 3.05) is 19.7 Å². The van der Waals surface area contributed by atoms with Crippen LogP contribution in [-0.4, -0.2) is 25.5 Å². The van der Waals surface area contributed by atoms with Gasteiger partial charge >= 0.3 is 0 Å². The van der Waals surface area contributed by atoms with E-state index in [9.17, 15) is 0 Å². The van der Waals surface area contributed by atoms with Crippen LogP contribution >= 0.6 is 0 Å². The summed E-state index contributed by atoms with van der Waals surface area (Å²) in [6.45, 7) is 6.94. The molecular formula is C17H25NO2. The van der Waals surface area contributed by atoms with Gasteiger partial charge in [0.2, 0.25) is 0 Å². The summed E-state index contributed by atoms with van der Waals surface area (Å²) in [6.07, 6.45) is 3.89. The number of hydrogen-bond acceptors (Lipinski definition) is 3. The quantitative estimate of drug-likeness (QED) is 0.919. The van der Waals surface area contributed by atoms with Gasteiger partial charge in [-0.3, -0.25) is 0 Å². The van der Waals surface area contributed by atoms with Crippen LogP contribution in [0.15, 0.2) is 24.3 Å². The van der Waals surface area contributed by atoms with E-state index in [1.807, 2.05) is 13.8 Å². The molecule has 0 radical (unpaired) electrons. The van der Waals surface area contributed by atoms with E-state index in [4.69, 9.17) is 9.47 Å². The number of rotatable bonds is 3. The van der Waals surface area contributed by atoms with Gasteiger partial charge in [0.1, 0.15) is 6.10 Å². The number of ether oxygens (including phenoxy) is 2. The molecule has 20 heavy (non-hydrogen) atoms. The van der Waals surface area contributed by atoms with Gasteiger partial charge in [-0.05, 0) is 63.2 Å². The fourth-order valence-electron chi connectivity index (χ4n) is 3.20. The first kappa shape index (κ1) is 14.1. The Hall–Kier alpha value is -0.900. The van der Waals surface area contributed by atoms with Crippen LogP contribution in [0, 0.1) is 5.92 Å². The third-order valence-electron chi connectivity index (χ3n) is 4.25. The van der Waals surface area contributed by atoms with E-state index in [0.29, 0.717) is 6.61 Å². The fourth-order valence-corrected chi connectivity index (χ4v) is 3.20. The Bertz CT molecular complexity index is 452. The Morgan fingerprint density at radius 1 is 1.35 bits per heavy atom. The van der Waals surface area contributed by atoms with Crippen molar-refractivity contribution in [3.63, 3.8) is 0 Å². The Kier molecular flexibility index (Phi) is 4.11. The predicted octanol–water partition coefficient (Wildman–Crippen LogP) is 3.05. The van der Waals surface area contributed by atoms with Gasteiger partial charge < -0.3 is 14.8 Å². The van der Waals surface area contributed by atoms with E-state index in [2.05, 4.69) is 29.6 Å². The van der Waals surface area contributed by atoms with Gasteiger partial charge in [-0.2, -0.15) is 0 Å². The molecule has 3 nitrogen and oxygen atoms in total. The molecule has 2 aliphatic rings. The minimum Gasteiger partial charge on any atom is -0.347 e. The van der Waals surface area contributed by atoms with Crippen molar-refractivity contribution in [1.29, 1.82) is 0 Å². The molecule has 0 saturated carbocycles. The van der Waals surface area contributed by atoms with E-state index in [1.54, 1.807) is 0 Å². The third-order valence-corrected chi connectivity index (χ3v) is 4.25. The maximum absolute atomic E-state index is 5.95. The molecule has 1 N–H and O–H groups in total. The lowest BCUT2D eigenvalue weighted by molar-refractivity contribution is -0.139. The standard InChI is InChI=1S/C17H25NO2/c1-17(2)19-12-16(20-17)15-7-3-5-13(10-15)9-14-6-4-8-18-11-14/h3,5,7,10,14,16,18H,4,6,8-9,11-12H2,1-2H3. The second-order valence-corrected chi connectivity index (χ2v) is 6.48. The van der Waals surface area contributed by atoms with Crippen LogP contribution in [0.1, 0.15) is 43.9 Å². The molecule has 2 saturated heterocycles. The molecule has 2 aliphatic heterocycles. The second-order valence-electron chi connectivity index (χ2n) is 6.48. The zero-order valence-electron chi connectivity index (χ0n) is 12.5. The Labute approximate surface area is 121 Å². The normalized spacial score (nSPS) is 29.5. The Morgan fingerprint density at radius 3 is 2.95 bits per heavy atom. The highest BCUT2D eigenvalue weighted by molar-refractivity contribution is 5.26. The first-order valence-electron chi connectivity index (χ1n) is 7.74. The molecular weight excluding hydrogens is 250 g/mol. The fraction of sp³-hybridized carbons (Fsp3) is 0.647. The van der Waals surface area contributed by atoms with Gasteiger partial charge in [0.05, 0.1) is 6.61 Å². The molecule has 0 aliphatic carbocycles. The number of nitrogens with one attached hydrogen (secondary N) is 1. The van der Waals surface area contributed by atoms with Crippen molar-refractivity contribution in [2.45, 2.75) is 45.0 Å². The van der Waals surface area contributed by atoms with Gasteiger partial charge in [0, 0.05) is 0 Å². The lowest BCUT2D eigenvalue weighted by atomic mass is 9.91. The van der Waals surface area contributed by atoms with Gasteiger partial charge in [-0.15, -0.1) is 0 Å². The minimum absolute atomic E-state index is 0.0782. The number of hydrogen-bond donors (Lipinski definition) is 1. The Morgan fingerprint density at radius 2 is 2.25 bits per heavy atom. The third kappa shape index (κ3) is 3.40. The lowest BCUT2D eigenvalue weighted by Gasteiger charge is -2.23. The van der Waals surface area contributed by atoms with Crippen LogP contribution in [0.3, 0.4) is 0 Å². The molecule has 0 aromatic heterocycles. The SMILES string of the molecule is CC1(C)OCC(c2cccc(CC3CCCNC3)c2)O1. The highest BCUT2D eigenvalue weighted by Gasteiger charge is 2.33. The maximum atomic E-state index is 5.95. The van der Waals surface area contributed by atoms with Gasteiger partial charge in [0.15, 0.2) is 5.79 Å². The van der Waals surface area contributed by atoms with E-state index in [1.165, 1.54) is 30.5 Å². The smallest absolute Gasteiger partial charge is 0.163 e. The highest BCUT2D eigenvalue weighted by atomic mass is 16.7. The van der Waals surface area contributed by atoms with E-state index in [-0.39, 0.29) is 6.10 Å². The molecule has 3 heteroatoms. The largest absolute Gasteiger partial charge is 0.347 e. The van der Waals surface area contributed by atoms with E-state index < -0.39 is 5.79 Å². The maximum Gasteiger partial charge on any atom is 0.163 e. The molecule has 0 spiro atoms. The second kappa shape index (κ2) is 5.84. The first-order chi connectivity index (χ1) is 9.62. The molecule has 2 fully saturated rings. The van der Waals surface area contributed by atoms with Crippen molar-refractivity contribution >= 4 is 0 Å². The molecule has 2 heterocycles. The summed E-state index contributed by atoms with van der Waals surface area (Å²) in [5.41, 5.74) is 2.67. The average molecular weight is 275 g/mol. The van der Waals surface area contributed by atoms with Crippen molar-refractivity contribution in [1.82, 2.24) is 5.32 Å². The van der Waals surface area contributed by atoms with Crippen molar-refractivity contribution in [3.05, 3.63) is 35.4 Å². The average Bonchev–Trinajstić information content (AvgIpc) is 2.81. The van der Waals surface area contributed by atoms with Gasteiger partial charge in [0.25, 0.3) is 0 Å². The van der Waals surface area contributed by atoms with Crippen LogP contribution in [0.4, 0.5) is 0 Å². The monoisotopic (exact) mass is 275 g/mol. The Balaban J connectivity index is 1.66. The summed E-state index contributed by atoms with van der Waals surface area (Å²) >= 11 is 0. The summed E-state index contributed by atoms with van der Waals surface area (Å²) < 4.78 is 11.6. The van der Waals surface area contributed by atoms with Crippen molar-refractivity contribution < 1.29 is 9.47 Å². The summed E-state index contributed by atoms with van der Waals surface area (Å²) in [5, 5.41) is 3.49. The summed E-state index contributed by atoms with van der Waals surface area (Å²) in [6, 6.07) is 8.83. The molecule has 0 amide bonds. The number of piperidine rings is 1. The number of benzene rings is 1. The predicted molar refractivity (Wildman–Crippen MR) is 79.6 cm³/mol. The van der Waals surface area contributed by atoms with E-state index in [0.717, 1.165) is 18.9 Å². The molecule has 1 aromatic rings. The summed E-state index contributed by atoms with van der Waals surface area (Å²) in [5.74, 6) is 0.324. The topological polar surface area (TPSA) is 30.5 Å². The minimum atomic E-state index is -0.450. The molecule has 2 unspecified atom stereocenters. The zero-order chi connectivity index (χ0) is 14.0. The van der Waals surface area contributed by atoms with Crippen LogP contribution in [0.5, 0.6) is 0 Å². The van der Waals surface area contributed by atoms with Crippen molar-refractivity contribution in [3.8, 4) is 0 Å². The summed E-state index contributed by atoms with van der Waals surface area (Å²) in [4.78, 5) is 0. The molecule has 3 rings (SSSR count). The summed E-state index contributed by atoms with van der Waals surface area (Å²) in [7, 11) is 0. The van der Waals surface area contributed by atoms with Crippen molar-refractivity contribution in [2.24, 2.45) is 5.92 Å².